The fourth-order valence-electron chi connectivity index (χ4n) is 1.17. The zero-order valence-corrected chi connectivity index (χ0v) is 9.95. The lowest BCUT2D eigenvalue weighted by Gasteiger charge is -2.22. The van der Waals surface area contributed by atoms with Crippen molar-refractivity contribution in [2.24, 2.45) is 5.92 Å². The second kappa shape index (κ2) is 5.88. The first-order valence-electron chi connectivity index (χ1n) is 4.86. The molecule has 0 radical (unpaired) electrons. The monoisotopic (exact) mass is 229 g/mol. The van der Waals surface area contributed by atoms with Crippen molar-refractivity contribution in [1.82, 2.24) is 9.97 Å². The molecule has 15 heavy (non-hydrogen) atoms. The lowest BCUT2D eigenvalue weighted by molar-refractivity contribution is 0.171. The van der Waals surface area contributed by atoms with Crippen LogP contribution in [0.4, 0.5) is 5.82 Å². The largest absolute Gasteiger partial charge is 0.383 e. The Hall–Kier alpha value is -0.870. The first-order chi connectivity index (χ1) is 7.15. The molecule has 1 unspecified atom stereocenters. The minimum Gasteiger partial charge on any atom is -0.383 e. The van der Waals surface area contributed by atoms with E-state index >= 15 is 0 Å². The van der Waals surface area contributed by atoms with Crippen molar-refractivity contribution in [3.05, 3.63) is 17.5 Å². The van der Waals surface area contributed by atoms with Crippen LogP contribution in [0.5, 0.6) is 0 Å². The molecule has 1 heterocycles. The molecule has 0 amide bonds. The summed E-state index contributed by atoms with van der Waals surface area (Å²) in [6.07, 6.45) is 3.04. The van der Waals surface area contributed by atoms with Crippen LogP contribution in [0.3, 0.4) is 0 Å². The van der Waals surface area contributed by atoms with Crippen LogP contribution >= 0.6 is 11.6 Å². The standard InChI is InChI=1S/C10H16ClN3O/c1-7(2)9(5-15-3)14-10-8(11)4-12-6-13-10/h4,6-7,9H,5H2,1-3H3,(H,12,13,14). The van der Waals surface area contributed by atoms with E-state index in [0.717, 1.165) is 0 Å². The summed E-state index contributed by atoms with van der Waals surface area (Å²) >= 11 is 5.94. The smallest absolute Gasteiger partial charge is 0.148 e. The van der Waals surface area contributed by atoms with E-state index < -0.39 is 0 Å². The highest BCUT2D eigenvalue weighted by Crippen LogP contribution is 2.19. The van der Waals surface area contributed by atoms with E-state index in [1.165, 1.54) is 6.33 Å². The van der Waals surface area contributed by atoms with Gasteiger partial charge < -0.3 is 10.1 Å². The van der Waals surface area contributed by atoms with E-state index in [0.29, 0.717) is 23.4 Å². The normalized spacial score (nSPS) is 12.9. The number of ether oxygens (including phenoxy) is 1. The van der Waals surface area contributed by atoms with Crippen molar-refractivity contribution < 1.29 is 4.74 Å². The third-order valence-corrected chi connectivity index (χ3v) is 2.42. The molecule has 4 nitrogen and oxygen atoms in total. The molecule has 0 aliphatic carbocycles. The van der Waals surface area contributed by atoms with E-state index in [9.17, 15) is 0 Å². The number of nitrogens with one attached hydrogen (secondary N) is 1. The minimum absolute atomic E-state index is 0.197. The Bertz CT molecular complexity index is 306. The Balaban J connectivity index is 2.69. The maximum atomic E-state index is 5.94. The summed E-state index contributed by atoms with van der Waals surface area (Å²) in [5, 5.41) is 3.77. The van der Waals surface area contributed by atoms with Gasteiger partial charge in [0, 0.05) is 7.11 Å². The highest BCUT2D eigenvalue weighted by molar-refractivity contribution is 6.32. The van der Waals surface area contributed by atoms with Gasteiger partial charge in [-0.3, -0.25) is 0 Å². The summed E-state index contributed by atoms with van der Waals surface area (Å²) in [6, 6.07) is 0.197. The van der Waals surface area contributed by atoms with E-state index in [4.69, 9.17) is 16.3 Å². The Morgan fingerprint density at radius 3 is 2.80 bits per heavy atom. The van der Waals surface area contributed by atoms with Gasteiger partial charge >= 0.3 is 0 Å². The molecule has 1 N–H and O–H groups in total. The third-order valence-electron chi connectivity index (χ3n) is 2.14. The summed E-state index contributed by atoms with van der Waals surface area (Å²) in [5.74, 6) is 1.10. The van der Waals surface area contributed by atoms with Gasteiger partial charge in [0.15, 0.2) is 0 Å². The van der Waals surface area contributed by atoms with Crippen LogP contribution in [0.15, 0.2) is 12.5 Å². The number of hydrogen-bond acceptors (Lipinski definition) is 4. The average molecular weight is 230 g/mol. The van der Waals surface area contributed by atoms with E-state index in [2.05, 4.69) is 29.1 Å². The fraction of sp³-hybridized carbons (Fsp3) is 0.600. The van der Waals surface area contributed by atoms with Crippen molar-refractivity contribution >= 4 is 17.4 Å². The molecule has 0 aliphatic rings. The van der Waals surface area contributed by atoms with Gasteiger partial charge in [-0.05, 0) is 5.92 Å². The Kier molecular flexibility index (Phi) is 4.78. The maximum absolute atomic E-state index is 5.94. The summed E-state index contributed by atoms with van der Waals surface area (Å²) in [4.78, 5) is 7.90. The molecule has 84 valence electrons. The second-order valence-electron chi connectivity index (χ2n) is 3.67. The van der Waals surface area contributed by atoms with Crippen LogP contribution in [0.2, 0.25) is 5.02 Å². The molecule has 0 saturated heterocycles. The van der Waals surface area contributed by atoms with Gasteiger partial charge in [-0.2, -0.15) is 0 Å². The van der Waals surface area contributed by atoms with E-state index in [1.54, 1.807) is 13.3 Å². The number of hydrogen-bond donors (Lipinski definition) is 1. The first kappa shape index (κ1) is 12.2. The van der Waals surface area contributed by atoms with Gasteiger partial charge in [0.25, 0.3) is 0 Å². The van der Waals surface area contributed by atoms with Gasteiger partial charge in [0.2, 0.25) is 0 Å². The van der Waals surface area contributed by atoms with Gasteiger partial charge in [-0.1, -0.05) is 25.4 Å². The number of methoxy groups -OCH3 is 1. The zero-order valence-electron chi connectivity index (χ0n) is 9.20. The third kappa shape index (κ3) is 3.64. The predicted molar refractivity (Wildman–Crippen MR) is 61.2 cm³/mol. The van der Waals surface area contributed by atoms with E-state index in [-0.39, 0.29) is 6.04 Å². The summed E-state index contributed by atoms with van der Waals surface area (Å²) in [6.45, 7) is 4.86. The highest BCUT2D eigenvalue weighted by Gasteiger charge is 2.14. The molecule has 0 aromatic carbocycles. The number of nitrogens with zero attached hydrogens (tertiary/aromatic N) is 2. The quantitative estimate of drug-likeness (QED) is 0.841. The van der Waals surface area contributed by atoms with Gasteiger partial charge in [0.1, 0.15) is 17.2 Å². The van der Waals surface area contributed by atoms with Gasteiger partial charge in [0.05, 0.1) is 18.8 Å². The molecule has 1 aromatic heterocycles. The lowest BCUT2D eigenvalue weighted by Crippen LogP contribution is -2.30. The maximum Gasteiger partial charge on any atom is 0.148 e. The second-order valence-corrected chi connectivity index (χ2v) is 4.08. The van der Waals surface area contributed by atoms with Crippen molar-refractivity contribution in [3.63, 3.8) is 0 Å². The van der Waals surface area contributed by atoms with Crippen molar-refractivity contribution in [3.8, 4) is 0 Å². The van der Waals surface area contributed by atoms with Crippen LogP contribution in [-0.2, 0) is 4.74 Å². The molecule has 1 rings (SSSR count). The van der Waals surface area contributed by atoms with Crippen LogP contribution in [0.25, 0.3) is 0 Å². The molecule has 0 bridgehead atoms. The van der Waals surface area contributed by atoms with Gasteiger partial charge in [-0.25, -0.2) is 9.97 Å². The van der Waals surface area contributed by atoms with Gasteiger partial charge in [-0.15, -0.1) is 0 Å². The number of aromatic nitrogens is 2. The fourth-order valence-corrected chi connectivity index (χ4v) is 1.33. The summed E-state index contributed by atoms with van der Waals surface area (Å²) in [5.41, 5.74) is 0. The van der Waals surface area contributed by atoms with Crippen molar-refractivity contribution in [1.29, 1.82) is 0 Å². The average Bonchev–Trinajstić information content (AvgIpc) is 2.20. The molecule has 0 fully saturated rings. The zero-order chi connectivity index (χ0) is 11.3. The molecular weight excluding hydrogens is 214 g/mol. The Morgan fingerprint density at radius 2 is 2.27 bits per heavy atom. The van der Waals surface area contributed by atoms with Crippen molar-refractivity contribution in [2.75, 3.05) is 19.0 Å². The number of halogens is 1. The lowest BCUT2D eigenvalue weighted by atomic mass is 10.1. The molecule has 1 atom stereocenters. The molecule has 1 aromatic rings. The molecule has 0 aliphatic heterocycles. The molecule has 0 spiro atoms. The summed E-state index contributed by atoms with van der Waals surface area (Å²) < 4.78 is 5.13. The topological polar surface area (TPSA) is 47.0 Å². The Morgan fingerprint density at radius 1 is 1.53 bits per heavy atom. The van der Waals surface area contributed by atoms with Crippen LogP contribution < -0.4 is 5.32 Å². The minimum atomic E-state index is 0.197. The molecule has 0 saturated carbocycles. The van der Waals surface area contributed by atoms with Crippen molar-refractivity contribution in [2.45, 2.75) is 19.9 Å². The number of rotatable bonds is 5. The first-order valence-corrected chi connectivity index (χ1v) is 5.24. The molecule has 5 heteroatoms. The van der Waals surface area contributed by atoms with Crippen LogP contribution in [0.1, 0.15) is 13.8 Å². The molecular formula is C10H16ClN3O. The SMILES string of the molecule is COCC(Nc1ncncc1Cl)C(C)C. The number of anilines is 1. The van der Waals surface area contributed by atoms with E-state index in [1.807, 2.05) is 0 Å². The predicted octanol–water partition coefficient (Wildman–Crippen LogP) is 2.21. The summed E-state index contributed by atoms with van der Waals surface area (Å²) in [7, 11) is 1.68. The highest BCUT2D eigenvalue weighted by atomic mass is 35.5. The van der Waals surface area contributed by atoms with Crippen LogP contribution in [0, 0.1) is 5.92 Å². The Labute approximate surface area is 95.0 Å². The van der Waals surface area contributed by atoms with Crippen LogP contribution in [-0.4, -0.2) is 29.7 Å².